The van der Waals surface area contributed by atoms with Gasteiger partial charge in [-0.15, -0.1) is 0 Å². The molecule has 0 bridgehead atoms. The van der Waals surface area contributed by atoms with Gasteiger partial charge in [-0.2, -0.15) is 0 Å². The predicted molar refractivity (Wildman–Crippen MR) is 131 cm³/mol. The molecule has 1 aliphatic heterocycles. The van der Waals surface area contributed by atoms with Crippen LogP contribution in [0.3, 0.4) is 0 Å². The van der Waals surface area contributed by atoms with Crippen molar-refractivity contribution in [2.24, 2.45) is 7.05 Å². The number of fused-ring (bicyclic) bond motifs is 1. The molecule has 0 aliphatic carbocycles. The molecule has 4 aromatic rings. The summed E-state index contributed by atoms with van der Waals surface area (Å²) < 4.78 is 7.59. The molecule has 1 N–H and O–H groups in total. The van der Waals surface area contributed by atoms with Crippen molar-refractivity contribution in [3.05, 3.63) is 42.6 Å². The second kappa shape index (κ2) is 9.78. The number of aromatic nitrogens is 7. The number of hydrogen-bond donors (Lipinski definition) is 1. The lowest BCUT2D eigenvalue weighted by Gasteiger charge is -2.28. The Bertz CT molecular complexity index is 1270. The molecule has 176 valence electrons. The number of anilines is 1. The Morgan fingerprint density at radius 3 is 2.56 bits per heavy atom. The zero-order chi connectivity index (χ0) is 23.5. The molecule has 1 saturated heterocycles. The van der Waals surface area contributed by atoms with Crippen molar-refractivity contribution in [3.8, 4) is 22.9 Å². The minimum atomic E-state index is 0.224. The van der Waals surface area contributed by atoms with Gasteiger partial charge in [-0.05, 0) is 31.7 Å². The second-order valence-electron chi connectivity index (χ2n) is 8.34. The van der Waals surface area contributed by atoms with Gasteiger partial charge in [0.15, 0.2) is 22.8 Å². The van der Waals surface area contributed by atoms with Gasteiger partial charge in [0.2, 0.25) is 0 Å². The van der Waals surface area contributed by atoms with Gasteiger partial charge < -0.3 is 19.5 Å². The Morgan fingerprint density at radius 2 is 1.82 bits per heavy atom. The number of hydrogen-bond acceptors (Lipinski definition) is 9. The molecular formula is C24H29N9O. The monoisotopic (exact) mass is 459 g/mol. The van der Waals surface area contributed by atoms with E-state index < -0.39 is 0 Å². The van der Waals surface area contributed by atoms with Crippen LogP contribution in [0, 0.1) is 0 Å². The summed E-state index contributed by atoms with van der Waals surface area (Å²) in [5.41, 5.74) is 3.23. The van der Waals surface area contributed by atoms with Gasteiger partial charge in [-0.25, -0.2) is 24.9 Å². The van der Waals surface area contributed by atoms with E-state index in [0.717, 1.165) is 60.2 Å². The third kappa shape index (κ3) is 4.22. The molecule has 1 atom stereocenters. The third-order valence-corrected chi connectivity index (χ3v) is 6.16. The summed E-state index contributed by atoms with van der Waals surface area (Å²) in [6.07, 6.45) is 6.28. The molecule has 1 fully saturated rings. The van der Waals surface area contributed by atoms with Crippen molar-refractivity contribution in [2.75, 3.05) is 44.8 Å². The molecule has 0 amide bonds. The number of nitrogens with one attached hydrogen (secondary N) is 1. The molecule has 10 nitrogen and oxygen atoms in total. The van der Waals surface area contributed by atoms with Crippen LogP contribution in [0.25, 0.3) is 34.1 Å². The van der Waals surface area contributed by atoms with Crippen LogP contribution in [0.5, 0.6) is 0 Å². The van der Waals surface area contributed by atoms with Gasteiger partial charge in [0.1, 0.15) is 17.3 Å². The fourth-order valence-corrected chi connectivity index (χ4v) is 4.28. The smallest absolute Gasteiger partial charge is 0.182 e. The zero-order valence-corrected chi connectivity index (χ0v) is 19.8. The first kappa shape index (κ1) is 22.3. The predicted octanol–water partition coefficient (Wildman–Crippen LogP) is 2.43. The maximum atomic E-state index is 5.58. The number of nitrogens with zero attached hydrogens (tertiary/aromatic N) is 8. The molecule has 5 heterocycles. The minimum Gasteiger partial charge on any atom is -0.378 e. The summed E-state index contributed by atoms with van der Waals surface area (Å²) in [6, 6.07) is 5.78. The average molecular weight is 460 g/mol. The van der Waals surface area contributed by atoms with Crippen molar-refractivity contribution in [2.45, 2.75) is 19.3 Å². The Hall–Kier alpha value is -3.50. The van der Waals surface area contributed by atoms with Crippen LogP contribution in [0.2, 0.25) is 0 Å². The number of likely N-dealkylation sites (N-methyl/N-ethyl adjacent to an activating group) is 1. The van der Waals surface area contributed by atoms with E-state index in [1.807, 2.05) is 36.9 Å². The fraction of sp³-hybridized carbons (Fsp3) is 0.417. The molecule has 1 aliphatic rings. The zero-order valence-electron chi connectivity index (χ0n) is 19.8. The lowest BCUT2D eigenvalue weighted by atomic mass is 10.1. The van der Waals surface area contributed by atoms with Crippen molar-refractivity contribution < 1.29 is 4.74 Å². The van der Waals surface area contributed by atoms with Crippen LogP contribution in [-0.2, 0) is 11.8 Å². The highest BCUT2D eigenvalue weighted by Gasteiger charge is 2.24. The van der Waals surface area contributed by atoms with Gasteiger partial charge in [-0.3, -0.25) is 4.98 Å². The van der Waals surface area contributed by atoms with Gasteiger partial charge >= 0.3 is 0 Å². The van der Waals surface area contributed by atoms with Gasteiger partial charge in [0.05, 0.1) is 13.2 Å². The number of aryl methyl sites for hydroxylation is 1. The highest BCUT2D eigenvalue weighted by Crippen LogP contribution is 2.31. The second-order valence-corrected chi connectivity index (χ2v) is 8.34. The summed E-state index contributed by atoms with van der Waals surface area (Å²) in [4.78, 5) is 30.6. The van der Waals surface area contributed by atoms with E-state index in [4.69, 9.17) is 24.7 Å². The minimum absolute atomic E-state index is 0.224. The van der Waals surface area contributed by atoms with Crippen LogP contribution >= 0.6 is 0 Å². The molecule has 0 saturated carbocycles. The maximum absolute atomic E-state index is 5.58. The first-order valence-electron chi connectivity index (χ1n) is 11.6. The average Bonchev–Trinajstić information content (AvgIpc) is 3.24. The molecule has 4 aromatic heterocycles. The quantitative estimate of drug-likeness (QED) is 0.446. The Kier molecular flexibility index (Phi) is 6.41. The molecular weight excluding hydrogens is 430 g/mol. The molecule has 10 heteroatoms. The van der Waals surface area contributed by atoms with Crippen LogP contribution in [0.1, 0.15) is 25.1 Å². The first-order chi connectivity index (χ1) is 16.7. The molecule has 1 unspecified atom stereocenters. The van der Waals surface area contributed by atoms with Crippen molar-refractivity contribution in [3.63, 3.8) is 0 Å². The van der Waals surface area contributed by atoms with Crippen LogP contribution in [0.15, 0.2) is 36.8 Å². The Morgan fingerprint density at radius 1 is 1.03 bits per heavy atom. The van der Waals surface area contributed by atoms with Gasteiger partial charge in [0.25, 0.3) is 0 Å². The van der Waals surface area contributed by atoms with E-state index >= 15 is 0 Å². The summed E-state index contributed by atoms with van der Waals surface area (Å²) >= 11 is 0. The molecule has 0 spiro atoms. The Balaban J connectivity index is 1.67. The maximum Gasteiger partial charge on any atom is 0.182 e. The topological polar surface area (TPSA) is 107 Å². The highest BCUT2D eigenvalue weighted by molar-refractivity contribution is 5.88. The van der Waals surface area contributed by atoms with E-state index in [9.17, 15) is 0 Å². The van der Waals surface area contributed by atoms with E-state index in [1.165, 1.54) is 0 Å². The largest absolute Gasteiger partial charge is 0.378 e. The molecule has 0 aromatic carbocycles. The normalized spacial score (nSPS) is 15.1. The van der Waals surface area contributed by atoms with Crippen LogP contribution in [-0.4, -0.2) is 74.4 Å². The molecule has 34 heavy (non-hydrogen) atoms. The van der Waals surface area contributed by atoms with E-state index in [-0.39, 0.29) is 5.92 Å². The lowest BCUT2D eigenvalue weighted by Crippen LogP contribution is -2.37. The van der Waals surface area contributed by atoms with Crippen LogP contribution < -0.4 is 10.2 Å². The van der Waals surface area contributed by atoms with Crippen LogP contribution in [0.4, 0.5) is 5.82 Å². The highest BCUT2D eigenvalue weighted by atomic mass is 16.5. The van der Waals surface area contributed by atoms with E-state index in [0.29, 0.717) is 24.7 Å². The fourth-order valence-electron chi connectivity index (χ4n) is 4.28. The summed E-state index contributed by atoms with van der Waals surface area (Å²) in [5.74, 6) is 3.22. The van der Waals surface area contributed by atoms with Crippen molar-refractivity contribution in [1.29, 1.82) is 0 Å². The van der Waals surface area contributed by atoms with Crippen molar-refractivity contribution in [1.82, 2.24) is 39.8 Å². The standard InChI is InChI=1S/C24H29N9O/c1-4-16(15-25-2)20-27-10-7-18(28-20)21-30-23-19(24(31-21)33-11-13-34-14-12-33)29-22(32(23)3)17-5-8-26-9-6-17/h5-10,16,25H,4,11-15H2,1-3H3. The van der Waals surface area contributed by atoms with E-state index in [2.05, 4.69) is 27.1 Å². The number of imidazole rings is 1. The van der Waals surface area contributed by atoms with Crippen molar-refractivity contribution >= 4 is 17.0 Å². The number of rotatable bonds is 7. The SMILES string of the molecule is CCC(CNC)c1nccc(-c2nc(N3CCOCC3)c3nc(-c4ccncc4)n(C)c3n2)n1. The lowest BCUT2D eigenvalue weighted by molar-refractivity contribution is 0.122. The number of ether oxygens (including phenoxy) is 1. The van der Waals surface area contributed by atoms with Gasteiger partial charge in [0, 0.05) is 56.8 Å². The Labute approximate surface area is 198 Å². The summed E-state index contributed by atoms with van der Waals surface area (Å²) in [5, 5.41) is 3.23. The molecule has 0 radical (unpaired) electrons. The van der Waals surface area contributed by atoms with E-state index in [1.54, 1.807) is 18.6 Å². The third-order valence-electron chi connectivity index (χ3n) is 6.16. The number of pyridine rings is 1. The van der Waals surface area contributed by atoms with Gasteiger partial charge in [-0.1, -0.05) is 6.92 Å². The number of morpholine rings is 1. The summed E-state index contributed by atoms with van der Waals surface area (Å²) in [7, 11) is 3.93. The molecule has 5 rings (SSSR count). The summed E-state index contributed by atoms with van der Waals surface area (Å²) in [6.45, 7) is 5.78. The first-order valence-corrected chi connectivity index (χ1v) is 11.6.